The molecule has 4 rings (SSSR count). The standard InChI is InChI=1S/C24H26N4O4/c1-17-5-3-6-20(18(17)2)32-16-23(29)26-19-8-9-22(25-15-19)27-10-12-28(13-11-27)24(30)21-7-4-14-31-21/h3-9,14-15H,10-13,16H2,1-2H3,(H,26,29). The van der Waals surface area contributed by atoms with Crippen molar-refractivity contribution in [2.45, 2.75) is 13.8 Å². The third-order valence-corrected chi connectivity index (χ3v) is 5.57. The van der Waals surface area contributed by atoms with E-state index in [4.69, 9.17) is 9.15 Å². The molecule has 8 heteroatoms. The summed E-state index contributed by atoms with van der Waals surface area (Å²) in [4.78, 5) is 33.0. The molecule has 0 spiro atoms. The molecule has 1 aromatic carbocycles. The third kappa shape index (κ3) is 4.91. The van der Waals surface area contributed by atoms with Crippen LogP contribution in [-0.4, -0.2) is 54.5 Å². The Morgan fingerprint density at radius 3 is 2.56 bits per heavy atom. The number of aromatic nitrogens is 1. The summed E-state index contributed by atoms with van der Waals surface area (Å²) in [7, 11) is 0. The molecule has 1 aliphatic rings. The molecule has 0 atom stereocenters. The van der Waals surface area contributed by atoms with Crippen molar-refractivity contribution in [3.8, 4) is 5.75 Å². The average Bonchev–Trinajstić information content (AvgIpc) is 3.35. The molecule has 3 heterocycles. The number of piperazine rings is 1. The minimum absolute atomic E-state index is 0.0717. The van der Waals surface area contributed by atoms with E-state index in [0.717, 1.165) is 16.9 Å². The van der Waals surface area contributed by atoms with Crippen molar-refractivity contribution < 1.29 is 18.7 Å². The van der Waals surface area contributed by atoms with Gasteiger partial charge in [0.25, 0.3) is 11.8 Å². The fourth-order valence-electron chi connectivity index (χ4n) is 3.56. The summed E-state index contributed by atoms with van der Waals surface area (Å²) in [6.07, 6.45) is 3.13. The second-order valence-corrected chi connectivity index (χ2v) is 7.70. The molecule has 32 heavy (non-hydrogen) atoms. The maximum atomic E-state index is 12.4. The van der Waals surface area contributed by atoms with Gasteiger partial charge in [-0.15, -0.1) is 0 Å². The number of ether oxygens (including phenoxy) is 1. The number of aryl methyl sites for hydroxylation is 1. The van der Waals surface area contributed by atoms with Gasteiger partial charge in [-0.05, 0) is 55.3 Å². The van der Waals surface area contributed by atoms with Gasteiger partial charge < -0.3 is 24.3 Å². The van der Waals surface area contributed by atoms with Gasteiger partial charge in [-0.1, -0.05) is 12.1 Å². The minimum atomic E-state index is -0.245. The molecular formula is C24H26N4O4. The third-order valence-electron chi connectivity index (χ3n) is 5.57. The summed E-state index contributed by atoms with van der Waals surface area (Å²) in [5, 5.41) is 2.81. The van der Waals surface area contributed by atoms with E-state index in [1.165, 1.54) is 6.26 Å². The lowest BCUT2D eigenvalue weighted by Gasteiger charge is -2.35. The number of nitrogens with zero attached hydrogens (tertiary/aromatic N) is 3. The molecular weight excluding hydrogens is 408 g/mol. The van der Waals surface area contributed by atoms with Crippen molar-refractivity contribution >= 4 is 23.3 Å². The van der Waals surface area contributed by atoms with E-state index in [9.17, 15) is 9.59 Å². The molecule has 0 unspecified atom stereocenters. The highest BCUT2D eigenvalue weighted by molar-refractivity contribution is 5.92. The summed E-state index contributed by atoms with van der Waals surface area (Å²) in [5.41, 5.74) is 2.75. The highest BCUT2D eigenvalue weighted by Gasteiger charge is 2.24. The van der Waals surface area contributed by atoms with Gasteiger partial charge in [-0.3, -0.25) is 9.59 Å². The van der Waals surface area contributed by atoms with Crippen molar-refractivity contribution in [1.82, 2.24) is 9.88 Å². The molecule has 3 aromatic rings. The first kappa shape index (κ1) is 21.4. The van der Waals surface area contributed by atoms with E-state index in [0.29, 0.717) is 43.4 Å². The van der Waals surface area contributed by atoms with E-state index >= 15 is 0 Å². The Kier molecular flexibility index (Phi) is 6.39. The van der Waals surface area contributed by atoms with Crippen molar-refractivity contribution in [2.24, 2.45) is 0 Å². The van der Waals surface area contributed by atoms with E-state index in [-0.39, 0.29) is 18.4 Å². The number of anilines is 2. The monoisotopic (exact) mass is 434 g/mol. The number of rotatable bonds is 6. The highest BCUT2D eigenvalue weighted by atomic mass is 16.5. The Hall–Kier alpha value is -3.81. The van der Waals surface area contributed by atoms with Gasteiger partial charge in [0.15, 0.2) is 12.4 Å². The maximum Gasteiger partial charge on any atom is 0.289 e. The zero-order valence-electron chi connectivity index (χ0n) is 18.2. The van der Waals surface area contributed by atoms with Crippen LogP contribution in [0.5, 0.6) is 5.75 Å². The highest BCUT2D eigenvalue weighted by Crippen LogP contribution is 2.21. The van der Waals surface area contributed by atoms with Crippen LogP contribution in [0.25, 0.3) is 0 Å². The molecule has 0 aliphatic carbocycles. The van der Waals surface area contributed by atoms with Crippen LogP contribution in [0.15, 0.2) is 59.3 Å². The van der Waals surface area contributed by atoms with Crippen molar-refractivity contribution in [2.75, 3.05) is 43.0 Å². The summed E-state index contributed by atoms with van der Waals surface area (Å²) >= 11 is 0. The molecule has 1 saturated heterocycles. The summed E-state index contributed by atoms with van der Waals surface area (Å²) < 4.78 is 10.8. The predicted molar refractivity (Wildman–Crippen MR) is 121 cm³/mol. The fourth-order valence-corrected chi connectivity index (χ4v) is 3.56. The second kappa shape index (κ2) is 9.55. The number of benzene rings is 1. The largest absolute Gasteiger partial charge is 0.483 e. The van der Waals surface area contributed by atoms with Crippen LogP contribution >= 0.6 is 0 Å². The van der Waals surface area contributed by atoms with E-state index in [1.54, 1.807) is 23.2 Å². The molecule has 0 radical (unpaired) electrons. The fraction of sp³-hybridized carbons (Fsp3) is 0.292. The van der Waals surface area contributed by atoms with Gasteiger partial charge in [0.2, 0.25) is 0 Å². The van der Waals surface area contributed by atoms with Crippen LogP contribution in [0.3, 0.4) is 0 Å². The van der Waals surface area contributed by atoms with E-state index in [1.807, 2.05) is 44.2 Å². The van der Waals surface area contributed by atoms with Crippen molar-refractivity contribution in [3.63, 3.8) is 0 Å². The Balaban J connectivity index is 1.26. The molecule has 0 saturated carbocycles. The number of furan rings is 1. The Labute approximate surface area is 186 Å². The number of amides is 2. The summed E-state index contributed by atoms with van der Waals surface area (Å²) in [6, 6.07) is 12.8. The molecule has 2 amide bonds. The van der Waals surface area contributed by atoms with Crippen LogP contribution in [0.1, 0.15) is 21.7 Å². The van der Waals surface area contributed by atoms with Crippen molar-refractivity contribution in [1.29, 1.82) is 0 Å². The van der Waals surface area contributed by atoms with Gasteiger partial charge in [0.1, 0.15) is 11.6 Å². The first-order chi connectivity index (χ1) is 15.5. The van der Waals surface area contributed by atoms with Crippen LogP contribution in [0, 0.1) is 13.8 Å². The Morgan fingerprint density at radius 2 is 1.88 bits per heavy atom. The summed E-state index contributed by atoms with van der Waals surface area (Å²) in [5.74, 6) is 1.53. The van der Waals surface area contributed by atoms with Crippen LogP contribution < -0.4 is 15.0 Å². The zero-order valence-corrected chi connectivity index (χ0v) is 18.2. The number of hydrogen-bond acceptors (Lipinski definition) is 6. The lowest BCUT2D eigenvalue weighted by atomic mass is 10.1. The average molecular weight is 434 g/mol. The number of carbonyl (C=O) groups is 2. The number of nitrogens with one attached hydrogen (secondary N) is 1. The first-order valence-electron chi connectivity index (χ1n) is 10.5. The number of carbonyl (C=O) groups excluding carboxylic acids is 2. The smallest absolute Gasteiger partial charge is 0.289 e. The SMILES string of the molecule is Cc1cccc(OCC(=O)Nc2ccc(N3CCN(C(=O)c4ccco4)CC3)nc2)c1C. The number of hydrogen-bond donors (Lipinski definition) is 1. The van der Waals surface area contributed by atoms with Crippen LogP contribution in [0.4, 0.5) is 11.5 Å². The Bertz CT molecular complexity index is 1070. The van der Waals surface area contributed by atoms with Gasteiger partial charge in [0, 0.05) is 26.2 Å². The topological polar surface area (TPSA) is 87.9 Å². The molecule has 166 valence electrons. The van der Waals surface area contributed by atoms with E-state index < -0.39 is 0 Å². The molecule has 1 aliphatic heterocycles. The van der Waals surface area contributed by atoms with Gasteiger partial charge >= 0.3 is 0 Å². The van der Waals surface area contributed by atoms with Gasteiger partial charge in [0.05, 0.1) is 18.1 Å². The molecule has 0 bridgehead atoms. The quantitative estimate of drug-likeness (QED) is 0.641. The summed E-state index contributed by atoms with van der Waals surface area (Å²) in [6.45, 7) is 6.44. The van der Waals surface area contributed by atoms with Crippen LogP contribution in [0.2, 0.25) is 0 Å². The minimum Gasteiger partial charge on any atom is -0.483 e. The zero-order chi connectivity index (χ0) is 22.5. The van der Waals surface area contributed by atoms with Crippen molar-refractivity contribution in [3.05, 3.63) is 71.8 Å². The Morgan fingerprint density at radius 1 is 1.06 bits per heavy atom. The lowest BCUT2D eigenvalue weighted by Crippen LogP contribution is -2.49. The second-order valence-electron chi connectivity index (χ2n) is 7.70. The normalized spacial score (nSPS) is 13.7. The molecule has 1 N–H and O–H groups in total. The lowest BCUT2D eigenvalue weighted by molar-refractivity contribution is -0.118. The molecule has 2 aromatic heterocycles. The van der Waals surface area contributed by atoms with E-state index in [2.05, 4.69) is 15.2 Å². The van der Waals surface area contributed by atoms with Gasteiger partial charge in [-0.25, -0.2) is 4.98 Å². The number of pyridine rings is 1. The molecule has 8 nitrogen and oxygen atoms in total. The maximum absolute atomic E-state index is 12.4. The first-order valence-corrected chi connectivity index (χ1v) is 10.5. The molecule has 1 fully saturated rings. The van der Waals surface area contributed by atoms with Crippen LogP contribution in [-0.2, 0) is 4.79 Å². The predicted octanol–water partition coefficient (Wildman–Crippen LogP) is 3.27. The van der Waals surface area contributed by atoms with Gasteiger partial charge in [-0.2, -0.15) is 0 Å².